The van der Waals surface area contributed by atoms with Gasteiger partial charge in [0.2, 0.25) is 0 Å². The van der Waals surface area contributed by atoms with Crippen molar-refractivity contribution >= 4 is 29.1 Å². The molecular weight excluding hydrogens is 301 g/mol. The van der Waals surface area contributed by atoms with Crippen molar-refractivity contribution in [1.29, 1.82) is 0 Å². The van der Waals surface area contributed by atoms with Gasteiger partial charge in [0, 0.05) is 12.0 Å². The number of carbonyl (C=O) groups is 1. The van der Waals surface area contributed by atoms with Crippen molar-refractivity contribution in [2.24, 2.45) is 0 Å². The molecule has 0 bridgehead atoms. The summed E-state index contributed by atoms with van der Waals surface area (Å²) in [5.41, 5.74) is 0.430. The fourth-order valence-electron chi connectivity index (χ4n) is 1.57. The number of carboxylic acid groups (broad SMARTS) is 1. The van der Waals surface area contributed by atoms with Gasteiger partial charge in [-0.15, -0.1) is 23.1 Å². The van der Waals surface area contributed by atoms with Gasteiger partial charge in [-0.1, -0.05) is 6.07 Å². The second-order valence-corrected chi connectivity index (χ2v) is 6.00. The number of halogens is 1. The molecule has 0 amide bonds. The van der Waals surface area contributed by atoms with E-state index in [-0.39, 0.29) is 17.3 Å². The molecule has 1 heterocycles. The molecule has 4 nitrogen and oxygen atoms in total. The third kappa shape index (κ3) is 3.78. The largest absolute Gasteiger partial charge is 0.477 e. The highest BCUT2D eigenvalue weighted by molar-refractivity contribution is 7.98. The second-order valence-electron chi connectivity index (χ2n) is 3.87. The number of thioether (sulfide) groups is 1. The van der Waals surface area contributed by atoms with Gasteiger partial charge >= 0.3 is 5.97 Å². The number of aromatic nitrogens is 1. The number of hydrogen-bond acceptors (Lipinski definition) is 5. The van der Waals surface area contributed by atoms with E-state index in [4.69, 9.17) is 9.84 Å². The van der Waals surface area contributed by atoms with Crippen LogP contribution in [0.1, 0.15) is 20.4 Å². The Morgan fingerprint density at radius 1 is 1.55 bits per heavy atom. The molecule has 0 aliphatic rings. The summed E-state index contributed by atoms with van der Waals surface area (Å²) in [5, 5.41) is 9.77. The zero-order valence-corrected chi connectivity index (χ0v) is 12.3. The van der Waals surface area contributed by atoms with E-state index in [1.165, 1.54) is 31.0 Å². The lowest BCUT2D eigenvalue weighted by molar-refractivity contribution is 0.0697. The van der Waals surface area contributed by atoms with Gasteiger partial charge in [0.1, 0.15) is 15.7 Å². The van der Waals surface area contributed by atoms with Crippen molar-refractivity contribution in [3.05, 3.63) is 45.7 Å². The Balaban J connectivity index is 2.09. The molecule has 1 aromatic carbocycles. The van der Waals surface area contributed by atoms with Gasteiger partial charge in [0.15, 0.2) is 0 Å². The van der Waals surface area contributed by atoms with Gasteiger partial charge in [-0.2, -0.15) is 0 Å². The standard InChI is InChI=1S/C13H12FNO3S2/c1-18-6-10-12(13(16)17)20-11(15-10)7-19-9-4-2-3-8(14)5-9/h2-5H,6-7H2,1H3,(H,16,17). The topological polar surface area (TPSA) is 59.4 Å². The summed E-state index contributed by atoms with van der Waals surface area (Å²) < 4.78 is 18.0. The number of ether oxygens (including phenoxy) is 1. The summed E-state index contributed by atoms with van der Waals surface area (Å²) >= 11 is 2.54. The maximum absolute atomic E-state index is 13.0. The molecule has 2 aromatic rings. The molecule has 0 atom stereocenters. The molecule has 7 heteroatoms. The minimum Gasteiger partial charge on any atom is -0.477 e. The van der Waals surface area contributed by atoms with Crippen LogP contribution >= 0.6 is 23.1 Å². The predicted molar refractivity (Wildman–Crippen MR) is 75.7 cm³/mol. The lowest BCUT2D eigenvalue weighted by atomic mass is 10.4. The van der Waals surface area contributed by atoms with Gasteiger partial charge in [0.05, 0.1) is 18.1 Å². The Kier molecular flexibility index (Phi) is 5.11. The second kappa shape index (κ2) is 6.83. The molecule has 0 spiro atoms. The fourth-order valence-corrected chi connectivity index (χ4v) is 3.41. The lowest BCUT2D eigenvalue weighted by Gasteiger charge is -1.98. The predicted octanol–water partition coefficient (Wildman–Crippen LogP) is 3.42. The number of nitrogens with zero attached hydrogens (tertiary/aromatic N) is 1. The van der Waals surface area contributed by atoms with Crippen LogP contribution in [0.2, 0.25) is 0 Å². The van der Waals surface area contributed by atoms with Crippen LogP contribution in [0.5, 0.6) is 0 Å². The van der Waals surface area contributed by atoms with Crippen molar-refractivity contribution in [3.63, 3.8) is 0 Å². The Labute approximate surface area is 123 Å². The average Bonchev–Trinajstić information content (AvgIpc) is 2.80. The zero-order chi connectivity index (χ0) is 14.5. The van der Waals surface area contributed by atoms with Gasteiger partial charge in [-0.05, 0) is 18.2 Å². The highest BCUT2D eigenvalue weighted by Gasteiger charge is 2.17. The number of methoxy groups -OCH3 is 1. The van der Waals surface area contributed by atoms with Gasteiger partial charge in [-0.3, -0.25) is 0 Å². The summed E-state index contributed by atoms with van der Waals surface area (Å²) in [7, 11) is 1.49. The van der Waals surface area contributed by atoms with E-state index in [9.17, 15) is 9.18 Å². The van der Waals surface area contributed by atoms with Gasteiger partial charge in [0.25, 0.3) is 0 Å². The molecule has 1 aromatic heterocycles. The monoisotopic (exact) mass is 313 g/mol. The number of hydrogen-bond donors (Lipinski definition) is 1. The number of carboxylic acids is 1. The van der Waals surface area contributed by atoms with Crippen LogP contribution in [0.15, 0.2) is 29.2 Å². The van der Waals surface area contributed by atoms with Crippen molar-refractivity contribution in [2.75, 3.05) is 7.11 Å². The Bertz CT molecular complexity index is 615. The van der Waals surface area contributed by atoms with Crippen LogP contribution in [0.25, 0.3) is 0 Å². The Morgan fingerprint density at radius 2 is 2.35 bits per heavy atom. The first kappa shape index (κ1) is 15.0. The van der Waals surface area contributed by atoms with E-state index in [0.717, 1.165) is 16.2 Å². The normalized spacial score (nSPS) is 10.7. The van der Waals surface area contributed by atoms with E-state index in [1.807, 2.05) is 0 Å². The van der Waals surface area contributed by atoms with E-state index in [1.54, 1.807) is 12.1 Å². The Hall–Kier alpha value is -1.44. The zero-order valence-electron chi connectivity index (χ0n) is 10.6. The summed E-state index contributed by atoms with van der Waals surface area (Å²) in [5.74, 6) is -0.796. The minimum atomic E-state index is -1.00. The van der Waals surface area contributed by atoms with Crippen LogP contribution in [0, 0.1) is 5.82 Å². The molecular formula is C13H12FNO3S2. The number of aromatic carboxylic acids is 1. The van der Waals surface area contributed by atoms with E-state index < -0.39 is 5.97 Å². The van der Waals surface area contributed by atoms with Gasteiger partial charge < -0.3 is 9.84 Å². The van der Waals surface area contributed by atoms with Crippen LogP contribution in [-0.4, -0.2) is 23.2 Å². The summed E-state index contributed by atoms with van der Waals surface area (Å²) in [6.45, 7) is 0.169. The highest BCUT2D eigenvalue weighted by atomic mass is 32.2. The maximum Gasteiger partial charge on any atom is 0.347 e. The first-order valence-electron chi connectivity index (χ1n) is 5.69. The molecule has 106 valence electrons. The number of benzene rings is 1. The highest BCUT2D eigenvalue weighted by Crippen LogP contribution is 2.27. The van der Waals surface area contributed by atoms with E-state index in [0.29, 0.717) is 16.5 Å². The van der Waals surface area contributed by atoms with E-state index >= 15 is 0 Å². The summed E-state index contributed by atoms with van der Waals surface area (Å²) in [6.07, 6.45) is 0. The molecule has 0 aliphatic heterocycles. The van der Waals surface area contributed by atoms with Crippen LogP contribution < -0.4 is 0 Å². The molecule has 1 N–H and O–H groups in total. The van der Waals surface area contributed by atoms with Crippen LogP contribution in [0.3, 0.4) is 0 Å². The maximum atomic E-state index is 13.0. The fraction of sp³-hybridized carbons (Fsp3) is 0.231. The number of rotatable bonds is 6. The third-order valence-electron chi connectivity index (χ3n) is 2.38. The van der Waals surface area contributed by atoms with Crippen molar-refractivity contribution in [1.82, 2.24) is 4.98 Å². The van der Waals surface area contributed by atoms with E-state index in [2.05, 4.69) is 4.98 Å². The first-order chi connectivity index (χ1) is 9.60. The third-order valence-corrected chi connectivity index (χ3v) is 4.65. The minimum absolute atomic E-state index is 0.169. The SMILES string of the molecule is COCc1nc(CSc2cccc(F)c2)sc1C(=O)O. The molecule has 0 saturated carbocycles. The molecule has 0 saturated heterocycles. The van der Waals surface area contributed by atoms with Crippen LogP contribution in [0.4, 0.5) is 4.39 Å². The van der Waals surface area contributed by atoms with Crippen molar-refractivity contribution in [2.45, 2.75) is 17.3 Å². The smallest absolute Gasteiger partial charge is 0.347 e. The molecule has 0 aliphatic carbocycles. The summed E-state index contributed by atoms with van der Waals surface area (Å²) in [4.78, 5) is 16.3. The molecule has 0 radical (unpaired) electrons. The lowest BCUT2D eigenvalue weighted by Crippen LogP contribution is -1.99. The molecule has 2 rings (SSSR count). The average molecular weight is 313 g/mol. The summed E-state index contributed by atoms with van der Waals surface area (Å²) in [6, 6.07) is 6.26. The quantitative estimate of drug-likeness (QED) is 0.828. The van der Waals surface area contributed by atoms with Crippen molar-refractivity contribution < 1.29 is 19.0 Å². The molecule has 20 heavy (non-hydrogen) atoms. The first-order valence-corrected chi connectivity index (χ1v) is 7.49. The molecule has 0 fully saturated rings. The van der Waals surface area contributed by atoms with Crippen LogP contribution in [-0.2, 0) is 17.1 Å². The van der Waals surface area contributed by atoms with Gasteiger partial charge in [-0.25, -0.2) is 14.2 Å². The van der Waals surface area contributed by atoms with Crippen molar-refractivity contribution in [3.8, 4) is 0 Å². The molecule has 0 unspecified atom stereocenters. The Morgan fingerprint density at radius 3 is 3.00 bits per heavy atom. The number of thiazole rings is 1.